The minimum atomic E-state index is -4.04. The van der Waals surface area contributed by atoms with Crippen LogP contribution in [0.15, 0.2) is 70.9 Å². The zero-order valence-corrected chi connectivity index (χ0v) is 17.7. The fraction of sp³-hybridized carbons (Fsp3) is 0.0909. The number of fused-ring (bicyclic) bond motifs is 1. The molecule has 0 amide bonds. The first-order valence-corrected chi connectivity index (χ1v) is 11.6. The van der Waals surface area contributed by atoms with Gasteiger partial charge in [0.15, 0.2) is 0 Å². The van der Waals surface area contributed by atoms with Crippen molar-refractivity contribution < 1.29 is 18.3 Å². The second-order valence-electron chi connectivity index (χ2n) is 6.65. The Morgan fingerprint density at radius 3 is 2.55 bits per heavy atom. The van der Waals surface area contributed by atoms with Crippen LogP contribution in [0.25, 0.3) is 11.0 Å². The first kappa shape index (κ1) is 20.8. The summed E-state index contributed by atoms with van der Waals surface area (Å²) in [5.74, 6) is 5.00. The zero-order chi connectivity index (χ0) is 21.8. The van der Waals surface area contributed by atoms with E-state index in [4.69, 9.17) is 0 Å². The van der Waals surface area contributed by atoms with Crippen molar-refractivity contribution in [3.8, 4) is 11.8 Å². The van der Waals surface area contributed by atoms with E-state index in [1.807, 2.05) is 48.5 Å². The molecule has 0 saturated heterocycles. The second kappa shape index (κ2) is 8.73. The number of benzene rings is 2. The van der Waals surface area contributed by atoms with E-state index >= 15 is 0 Å². The number of rotatable bonds is 6. The summed E-state index contributed by atoms with van der Waals surface area (Å²) >= 11 is 0.982. The van der Waals surface area contributed by atoms with Crippen LogP contribution in [0.5, 0.6) is 0 Å². The molecule has 3 N–H and O–H groups in total. The second-order valence-corrected chi connectivity index (χ2v) is 9.68. The average Bonchev–Trinajstić information content (AvgIpc) is 3.39. The highest BCUT2D eigenvalue weighted by molar-refractivity contribution is 7.91. The molecule has 0 bridgehead atoms. The van der Waals surface area contributed by atoms with Crippen LogP contribution in [0.2, 0.25) is 0 Å². The van der Waals surface area contributed by atoms with E-state index in [1.54, 1.807) is 12.1 Å². The Morgan fingerprint density at radius 1 is 1.06 bits per heavy atom. The molecule has 0 aliphatic heterocycles. The Morgan fingerprint density at radius 2 is 1.81 bits per heavy atom. The number of aliphatic carboxylic acids is 1. The number of carboxylic acids is 1. The lowest BCUT2D eigenvalue weighted by Gasteiger charge is -2.12. The van der Waals surface area contributed by atoms with Gasteiger partial charge < -0.3 is 10.1 Å². The quantitative estimate of drug-likeness (QED) is 0.390. The molecule has 0 aliphatic rings. The Balaban J connectivity index is 1.51. The Kier molecular flexibility index (Phi) is 5.86. The molecule has 9 heteroatoms. The van der Waals surface area contributed by atoms with Crippen molar-refractivity contribution in [3.63, 3.8) is 0 Å². The first-order chi connectivity index (χ1) is 14.9. The highest BCUT2D eigenvalue weighted by Gasteiger charge is 2.27. The fourth-order valence-electron chi connectivity index (χ4n) is 2.91. The third-order valence-corrected chi connectivity index (χ3v) is 7.35. The third-order valence-electron chi connectivity index (χ3n) is 4.38. The van der Waals surface area contributed by atoms with E-state index in [1.165, 1.54) is 6.07 Å². The molecule has 2 aromatic carbocycles. The minimum absolute atomic E-state index is 0.000665. The summed E-state index contributed by atoms with van der Waals surface area (Å²) in [6, 6.07) is 18.2. The van der Waals surface area contributed by atoms with Gasteiger partial charge in [-0.25, -0.2) is 13.4 Å². The van der Waals surface area contributed by atoms with E-state index in [0.717, 1.165) is 22.4 Å². The van der Waals surface area contributed by atoms with E-state index < -0.39 is 22.0 Å². The minimum Gasteiger partial charge on any atom is -0.480 e. The van der Waals surface area contributed by atoms with E-state index in [2.05, 4.69) is 26.5 Å². The van der Waals surface area contributed by atoms with Crippen molar-refractivity contribution in [3.05, 3.63) is 83.0 Å². The van der Waals surface area contributed by atoms with Crippen molar-refractivity contribution in [2.24, 2.45) is 0 Å². The lowest BCUT2D eigenvalue weighted by atomic mass is 10.2. The molecule has 0 saturated carbocycles. The molecule has 2 aromatic heterocycles. The summed E-state index contributed by atoms with van der Waals surface area (Å²) < 4.78 is 27.8. The van der Waals surface area contributed by atoms with Gasteiger partial charge in [-0.3, -0.25) is 4.79 Å². The fourth-order valence-corrected chi connectivity index (χ4v) is 5.27. The number of sulfonamides is 1. The molecule has 1 atom stereocenters. The van der Waals surface area contributed by atoms with Crippen molar-refractivity contribution in [2.75, 3.05) is 0 Å². The van der Waals surface area contributed by atoms with Gasteiger partial charge in [0.05, 0.1) is 15.9 Å². The van der Waals surface area contributed by atoms with Crippen LogP contribution in [0.3, 0.4) is 0 Å². The predicted molar refractivity (Wildman–Crippen MR) is 118 cm³/mol. The Hall–Kier alpha value is -3.45. The average molecular weight is 452 g/mol. The molecule has 0 aliphatic carbocycles. The maximum absolute atomic E-state index is 12.8. The number of aromatic amines is 1. The Bertz CT molecular complexity index is 1360. The van der Waals surface area contributed by atoms with Crippen LogP contribution >= 0.6 is 11.3 Å². The molecule has 7 nitrogen and oxygen atoms in total. The van der Waals surface area contributed by atoms with Gasteiger partial charge in [-0.2, -0.15) is 4.72 Å². The van der Waals surface area contributed by atoms with Gasteiger partial charge in [-0.1, -0.05) is 42.2 Å². The number of para-hydroxylation sites is 2. The van der Waals surface area contributed by atoms with Crippen molar-refractivity contribution in [1.82, 2.24) is 14.7 Å². The molecule has 156 valence electrons. The number of imidazole rings is 1. The molecular formula is C22H17N3O4S2. The number of aromatic nitrogens is 2. The summed E-state index contributed by atoms with van der Waals surface area (Å²) in [6.07, 6.45) is -0.116. The summed E-state index contributed by atoms with van der Waals surface area (Å²) in [6.45, 7) is 0. The first-order valence-electron chi connectivity index (χ1n) is 9.26. The molecule has 0 fully saturated rings. The van der Waals surface area contributed by atoms with Crippen LogP contribution in [-0.4, -0.2) is 35.5 Å². The van der Waals surface area contributed by atoms with Gasteiger partial charge in [0, 0.05) is 12.0 Å². The van der Waals surface area contributed by atoms with Crippen molar-refractivity contribution >= 4 is 38.4 Å². The van der Waals surface area contributed by atoms with Gasteiger partial charge in [0.25, 0.3) is 10.0 Å². The van der Waals surface area contributed by atoms with Crippen LogP contribution in [0.4, 0.5) is 0 Å². The maximum atomic E-state index is 12.8. The molecule has 2 heterocycles. The van der Waals surface area contributed by atoms with Crippen molar-refractivity contribution in [2.45, 2.75) is 16.7 Å². The molecule has 0 radical (unpaired) electrons. The number of hydrogen-bond acceptors (Lipinski definition) is 5. The highest BCUT2D eigenvalue weighted by atomic mass is 32.2. The van der Waals surface area contributed by atoms with Crippen LogP contribution < -0.4 is 4.72 Å². The van der Waals surface area contributed by atoms with Gasteiger partial charge in [-0.05, 0) is 36.4 Å². The van der Waals surface area contributed by atoms with Crippen LogP contribution in [-0.2, 0) is 21.2 Å². The number of hydrogen-bond donors (Lipinski definition) is 3. The maximum Gasteiger partial charge on any atom is 0.322 e. The highest BCUT2D eigenvalue weighted by Crippen LogP contribution is 2.22. The van der Waals surface area contributed by atoms with Gasteiger partial charge in [0.1, 0.15) is 16.1 Å². The standard InChI is InChI=1S/C22H17N3O4S2/c26-22(27)19(14-20-23-17-8-4-5-9-18(17)24-20)25-31(28,29)21-13-12-16(30-21)11-10-15-6-2-1-3-7-15/h1-9,12-13,19,25H,14H2,(H,23,24)(H,26,27)/t19-/m0/s1. The van der Waals surface area contributed by atoms with Gasteiger partial charge in [0.2, 0.25) is 0 Å². The lowest BCUT2D eigenvalue weighted by molar-refractivity contribution is -0.138. The monoisotopic (exact) mass is 451 g/mol. The summed E-state index contributed by atoms with van der Waals surface area (Å²) in [5.41, 5.74) is 2.25. The molecule has 0 spiro atoms. The third kappa shape index (κ3) is 5.00. The SMILES string of the molecule is O=C(O)[C@H](Cc1nc2ccccc2[nH]1)NS(=O)(=O)c1ccc(C#Cc2ccccc2)s1. The number of nitrogens with one attached hydrogen (secondary N) is 2. The number of carbonyl (C=O) groups is 1. The van der Waals surface area contributed by atoms with Crippen LogP contribution in [0.1, 0.15) is 16.3 Å². The molecule has 4 aromatic rings. The lowest BCUT2D eigenvalue weighted by Crippen LogP contribution is -2.42. The van der Waals surface area contributed by atoms with E-state index in [-0.39, 0.29) is 10.6 Å². The number of nitrogens with zero attached hydrogens (tertiary/aromatic N) is 1. The van der Waals surface area contributed by atoms with Crippen molar-refractivity contribution in [1.29, 1.82) is 0 Å². The summed E-state index contributed by atoms with van der Waals surface area (Å²) in [7, 11) is -4.04. The molecule has 4 rings (SSSR count). The molecular weight excluding hydrogens is 434 g/mol. The molecule has 31 heavy (non-hydrogen) atoms. The Labute approximate surface area is 182 Å². The smallest absolute Gasteiger partial charge is 0.322 e. The van der Waals surface area contributed by atoms with Gasteiger partial charge >= 0.3 is 5.97 Å². The van der Waals surface area contributed by atoms with E-state index in [0.29, 0.717) is 16.2 Å². The van der Waals surface area contributed by atoms with Crippen LogP contribution in [0, 0.1) is 11.8 Å². The number of H-pyrrole nitrogens is 1. The predicted octanol–water partition coefficient (Wildman–Crippen LogP) is 3.00. The van der Waals surface area contributed by atoms with Gasteiger partial charge in [-0.15, -0.1) is 11.3 Å². The van der Waals surface area contributed by atoms with E-state index in [9.17, 15) is 18.3 Å². The number of carboxylic acid groups (broad SMARTS) is 1. The zero-order valence-electron chi connectivity index (χ0n) is 16.1. The topological polar surface area (TPSA) is 112 Å². The number of thiophene rings is 1. The largest absolute Gasteiger partial charge is 0.480 e. The summed E-state index contributed by atoms with van der Waals surface area (Å²) in [5, 5.41) is 9.55. The normalized spacial score (nSPS) is 12.3. The molecule has 0 unspecified atom stereocenters. The summed E-state index contributed by atoms with van der Waals surface area (Å²) in [4.78, 5) is 19.6.